The highest BCUT2D eigenvalue weighted by molar-refractivity contribution is 7.80. The molecule has 0 spiro atoms. The molecule has 0 saturated carbocycles. The van der Waals surface area contributed by atoms with Gasteiger partial charge in [0.05, 0.1) is 19.1 Å². The smallest absolute Gasteiger partial charge is 0.308 e. The Morgan fingerprint density at radius 2 is 2.04 bits per heavy atom. The van der Waals surface area contributed by atoms with Gasteiger partial charge in [-0.1, -0.05) is 31.5 Å². The summed E-state index contributed by atoms with van der Waals surface area (Å²) in [6.07, 6.45) is 1.87. The predicted molar refractivity (Wildman–Crippen MR) is 105 cm³/mol. The van der Waals surface area contributed by atoms with Crippen molar-refractivity contribution in [2.24, 2.45) is 0 Å². The van der Waals surface area contributed by atoms with E-state index in [1.807, 2.05) is 42.2 Å². The minimum absolute atomic E-state index is 0.0941. The van der Waals surface area contributed by atoms with Gasteiger partial charge in [-0.15, -0.1) is 0 Å². The van der Waals surface area contributed by atoms with Crippen molar-refractivity contribution in [1.82, 2.24) is 0 Å². The molecule has 1 unspecified atom stereocenters. The van der Waals surface area contributed by atoms with Crippen molar-refractivity contribution in [2.45, 2.75) is 32.2 Å². The van der Waals surface area contributed by atoms with Crippen molar-refractivity contribution in [3.63, 3.8) is 0 Å². The first-order valence-electron chi connectivity index (χ1n) is 8.70. The fraction of sp³-hybridized carbons (Fsp3) is 0.300. The molecule has 0 fully saturated rings. The second-order valence-corrected chi connectivity index (χ2v) is 6.55. The van der Waals surface area contributed by atoms with E-state index >= 15 is 0 Å². The van der Waals surface area contributed by atoms with Crippen LogP contribution in [-0.2, 0) is 9.53 Å². The zero-order valence-electron chi connectivity index (χ0n) is 14.6. The van der Waals surface area contributed by atoms with Gasteiger partial charge in [-0.2, -0.15) is 0 Å². The summed E-state index contributed by atoms with van der Waals surface area (Å²) in [4.78, 5) is 14.2. The van der Waals surface area contributed by atoms with Crippen molar-refractivity contribution < 1.29 is 13.9 Å². The third-order valence-electron chi connectivity index (χ3n) is 4.30. The summed E-state index contributed by atoms with van der Waals surface area (Å²) in [6.45, 7) is 2.43. The van der Waals surface area contributed by atoms with Gasteiger partial charge in [-0.3, -0.25) is 4.79 Å². The second kappa shape index (κ2) is 8.27. The average Bonchev–Trinajstić information content (AvgIpc) is 2.63. The summed E-state index contributed by atoms with van der Waals surface area (Å²) < 4.78 is 19.2. The number of benzene rings is 2. The van der Waals surface area contributed by atoms with Crippen LogP contribution in [0, 0.1) is 5.82 Å². The molecule has 1 heterocycles. The van der Waals surface area contributed by atoms with Crippen LogP contribution in [-0.4, -0.2) is 17.7 Å². The van der Waals surface area contributed by atoms with Gasteiger partial charge >= 0.3 is 5.97 Å². The molecule has 0 radical (unpaired) electrons. The summed E-state index contributed by atoms with van der Waals surface area (Å²) in [6, 6.07) is 13.6. The Morgan fingerprint density at radius 1 is 1.27 bits per heavy atom. The number of rotatable bonds is 6. The zero-order chi connectivity index (χ0) is 18.5. The van der Waals surface area contributed by atoms with Crippen molar-refractivity contribution in [3.8, 4) is 0 Å². The first kappa shape index (κ1) is 18.3. The maximum Gasteiger partial charge on any atom is 0.308 e. The predicted octanol–water partition coefficient (Wildman–Crippen LogP) is 4.82. The first-order valence-corrected chi connectivity index (χ1v) is 9.11. The molecule has 0 bridgehead atoms. The summed E-state index contributed by atoms with van der Waals surface area (Å²) in [5, 5.41) is 3.60. The number of para-hydroxylation sites is 1. The molecule has 6 heteroatoms. The largest absolute Gasteiger partial charge is 0.466 e. The topological polar surface area (TPSA) is 41.6 Å². The van der Waals surface area contributed by atoms with Crippen molar-refractivity contribution >= 4 is 34.7 Å². The third-order valence-corrected chi connectivity index (χ3v) is 4.60. The summed E-state index contributed by atoms with van der Waals surface area (Å²) >= 11 is 5.52. The molecule has 26 heavy (non-hydrogen) atoms. The van der Waals surface area contributed by atoms with Crippen LogP contribution in [0.5, 0.6) is 0 Å². The number of thiocarbonyl (C=S) groups is 1. The monoisotopic (exact) mass is 372 g/mol. The minimum atomic E-state index is -0.425. The average molecular weight is 372 g/mol. The van der Waals surface area contributed by atoms with Crippen LogP contribution in [0.15, 0.2) is 48.5 Å². The SMILES string of the molecule is CCCCOC(=O)CC1c2cc(F)ccc2NC(=S)N1c1ccccc1. The molecule has 136 valence electrons. The van der Waals surface area contributed by atoms with E-state index in [9.17, 15) is 9.18 Å². The fourth-order valence-corrected chi connectivity index (χ4v) is 3.36. The molecular formula is C20H21FN2O2S. The molecule has 1 N–H and O–H groups in total. The highest BCUT2D eigenvalue weighted by atomic mass is 32.1. The Bertz CT molecular complexity index is 798. The van der Waals surface area contributed by atoms with Crippen LogP contribution >= 0.6 is 12.2 Å². The van der Waals surface area contributed by atoms with Gasteiger partial charge in [-0.05, 0) is 49.0 Å². The standard InChI is InChI=1S/C20H21FN2O2S/c1-2-3-11-25-19(24)13-18-16-12-14(21)9-10-17(16)22-20(26)23(18)15-7-5-4-6-8-15/h4-10,12,18H,2-3,11,13H2,1H3,(H,22,26). The Kier molecular flexibility index (Phi) is 5.83. The number of hydrogen-bond donors (Lipinski definition) is 1. The number of carbonyl (C=O) groups is 1. The fourth-order valence-electron chi connectivity index (χ4n) is 3.01. The number of anilines is 2. The van der Waals surface area contributed by atoms with Crippen molar-refractivity contribution in [2.75, 3.05) is 16.8 Å². The molecule has 3 rings (SSSR count). The summed E-state index contributed by atoms with van der Waals surface area (Å²) in [5.74, 6) is -0.667. The van der Waals surface area contributed by atoms with E-state index in [2.05, 4.69) is 5.32 Å². The molecule has 1 aliphatic heterocycles. The van der Waals surface area contributed by atoms with Crippen LogP contribution in [0.3, 0.4) is 0 Å². The highest BCUT2D eigenvalue weighted by Gasteiger charge is 2.33. The van der Waals surface area contributed by atoms with Crippen LogP contribution < -0.4 is 10.2 Å². The van der Waals surface area contributed by atoms with E-state index in [4.69, 9.17) is 17.0 Å². The van der Waals surface area contributed by atoms with E-state index in [1.54, 1.807) is 6.07 Å². The zero-order valence-corrected chi connectivity index (χ0v) is 15.4. The van der Waals surface area contributed by atoms with Gasteiger partial charge < -0.3 is 15.0 Å². The van der Waals surface area contributed by atoms with Crippen LogP contribution in [0.2, 0.25) is 0 Å². The quantitative estimate of drug-likeness (QED) is 0.447. The molecule has 0 saturated heterocycles. The number of esters is 1. The molecule has 1 aliphatic rings. The van der Waals surface area contributed by atoms with E-state index in [1.165, 1.54) is 12.1 Å². The number of fused-ring (bicyclic) bond motifs is 1. The van der Waals surface area contributed by atoms with Gasteiger partial charge in [-0.25, -0.2) is 4.39 Å². The molecule has 0 aromatic heterocycles. The maximum absolute atomic E-state index is 13.9. The van der Waals surface area contributed by atoms with Gasteiger partial charge in [0.2, 0.25) is 0 Å². The lowest BCUT2D eigenvalue weighted by Crippen LogP contribution is -2.43. The first-order chi connectivity index (χ1) is 12.6. The third kappa shape index (κ3) is 4.02. The maximum atomic E-state index is 13.9. The number of nitrogens with zero attached hydrogens (tertiary/aromatic N) is 1. The summed E-state index contributed by atoms with van der Waals surface area (Å²) in [7, 11) is 0. The lowest BCUT2D eigenvalue weighted by molar-refractivity contribution is -0.144. The van der Waals surface area contributed by atoms with Gasteiger partial charge in [0, 0.05) is 16.9 Å². The molecule has 4 nitrogen and oxygen atoms in total. The molecule has 0 aliphatic carbocycles. The molecule has 2 aromatic rings. The Hall–Kier alpha value is -2.47. The number of unbranched alkanes of at least 4 members (excludes halogenated alkanes) is 1. The number of carbonyl (C=O) groups excluding carboxylic acids is 1. The van der Waals surface area contributed by atoms with Crippen LogP contribution in [0.1, 0.15) is 37.8 Å². The number of hydrogen-bond acceptors (Lipinski definition) is 3. The molecule has 1 atom stereocenters. The van der Waals surface area contributed by atoms with Gasteiger partial charge in [0.25, 0.3) is 0 Å². The van der Waals surface area contributed by atoms with Gasteiger partial charge in [0.15, 0.2) is 5.11 Å². The number of nitrogens with one attached hydrogen (secondary N) is 1. The summed E-state index contributed by atoms with van der Waals surface area (Å²) in [5.41, 5.74) is 2.25. The Morgan fingerprint density at radius 3 is 2.77 bits per heavy atom. The van der Waals surface area contributed by atoms with Crippen molar-refractivity contribution in [1.29, 1.82) is 0 Å². The van der Waals surface area contributed by atoms with E-state index in [0.717, 1.165) is 24.2 Å². The van der Waals surface area contributed by atoms with Crippen LogP contribution in [0.25, 0.3) is 0 Å². The lowest BCUT2D eigenvalue weighted by Gasteiger charge is -2.39. The molecule has 2 aromatic carbocycles. The minimum Gasteiger partial charge on any atom is -0.466 e. The van der Waals surface area contributed by atoms with Gasteiger partial charge in [0.1, 0.15) is 5.82 Å². The van der Waals surface area contributed by atoms with E-state index in [-0.39, 0.29) is 18.2 Å². The number of ether oxygens (including phenoxy) is 1. The highest BCUT2D eigenvalue weighted by Crippen LogP contribution is 2.38. The van der Waals surface area contributed by atoms with E-state index in [0.29, 0.717) is 17.3 Å². The normalized spacial score (nSPS) is 16.0. The molecule has 0 amide bonds. The number of halogens is 1. The molecular weight excluding hydrogens is 351 g/mol. The second-order valence-electron chi connectivity index (χ2n) is 6.16. The van der Waals surface area contributed by atoms with Crippen LogP contribution in [0.4, 0.5) is 15.8 Å². The van der Waals surface area contributed by atoms with Crippen molar-refractivity contribution in [3.05, 3.63) is 59.9 Å². The van der Waals surface area contributed by atoms with E-state index < -0.39 is 6.04 Å². The lowest BCUT2D eigenvalue weighted by atomic mass is 9.97. The Balaban J connectivity index is 1.94. The Labute approximate surface area is 158 Å².